The van der Waals surface area contributed by atoms with E-state index in [2.05, 4.69) is 63.9 Å². The van der Waals surface area contributed by atoms with E-state index in [1.807, 2.05) is 42.5 Å². The maximum absolute atomic E-state index is 12.4. The number of fused-ring (bicyclic) bond motifs is 1. The standard InChI is InChI=1S/C27H28BrN3O2/c1-19-8-5-9-20(2)26(19)33-17-16-31-24-13-4-3-12-23(24)30-25(31)14-7-15-29-27(32)21-10-6-11-22(28)18-21/h3-6,8-13,18H,7,14-17H2,1-2H3,(H,29,32). The van der Waals surface area contributed by atoms with Crippen LogP contribution in [-0.4, -0.2) is 28.6 Å². The van der Waals surface area contributed by atoms with Gasteiger partial charge < -0.3 is 14.6 Å². The van der Waals surface area contributed by atoms with Crippen molar-refractivity contribution in [3.05, 3.63) is 93.7 Å². The van der Waals surface area contributed by atoms with Gasteiger partial charge >= 0.3 is 0 Å². The van der Waals surface area contributed by atoms with E-state index in [1.54, 1.807) is 0 Å². The minimum atomic E-state index is -0.0631. The van der Waals surface area contributed by atoms with Crippen molar-refractivity contribution in [1.29, 1.82) is 0 Å². The van der Waals surface area contributed by atoms with Gasteiger partial charge in [0.05, 0.1) is 17.6 Å². The summed E-state index contributed by atoms with van der Waals surface area (Å²) in [5, 5.41) is 3.01. The first-order chi connectivity index (χ1) is 16.0. The lowest BCUT2D eigenvalue weighted by molar-refractivity contribution is 0.0953. The normalized spacial score (nSPS) is 11.0. The third-order valence-corrected chi connectivity index (χ3v) is 6.15. The SMILES string of the molecule is Cc1cccc(C)c1OCCn1c(CCCNC(=O)c2cccc(Br)c2)nc2ccccc21. The largest absolute Gasteiger partial charge is 0.491 e. The highest BCUT2D eigenvalue weighted by Gasteiger charge is 2.12. The second-order valence-electron chi connectivity index (χ2n) is 8.11. The van der Waals surface area contributed by atoms with Gasteiger partial charge in [0.2, 0.25) is 0 Å². The van der Waals surface area contributed by atoms with Gasteiger partial charge in [0, 0.05) is 23.0 Å². The van der Waals surface area contributed by atoms with Crippen molar-refractivity contribution in [1.82, 2.24) is 14.9 Å². The summed E-state index contributed by atoms with van der Waals surface area (Å²) in [5.41, 5.74) is 5.03. The average molecular weight is 506 g/mol. The smallest absolute Gasteiger partial charge is 0.251 e. The van der Waals surface area contributed by atoms with Crippen LogP contribution in [0.15, 0.2) is 71.2 Å². The van der Waals surface area contributed by atoms with E-state index >= 15 is 0 Å². The Morgan fingerprint density at radius 2 is 1.79 bits per heavy atom. The number of ether oxygens (including phenoxy) is 1. The summed E-state index contributed by atoms with van der Waals surface area (Å²) < 4.78 is 9.28. The van der Waals surface area contributed by atoms with Gasteiger partial charge in [-0.3, -0.25) is 4.79 Å². The summed E-state index contributed by atoms with van der Waals surface area (Å²) in [4.78, 5) is 17.2. The van der Waals surface area contributed by atoms with Gasteiger partial charge in [-0.25, -0.2) is 4.98 Å². The zero-order valence-electron chi connectivity index (χ0n) is 19.0. The minimum Gasteiger partial charge on any atom is -0.491 e. The molecule has 0 saturated heterocycles. The maximum Gasteiger partial charge on any atom is 0.251 e. The molecule has 1 heterocycles. The number of imidazole rings is 1. The number of benzene rings is 3. The summed E-state index contributed by atoms with van der Waals surface area (Å²) in [6.07, 6.45) is 1.58. The highest BCUT2D eigenvalue weighted by Crippen LogP contribution is 2.23. The van der Waals surface area contributed by atoms with Crippen molar-refractivity contribution in [2.75, 3.05) is 13.2 Å². The number of halogens is 1. The zero-order chi connectivity index (χ0) is 23.2. The van der Waals surface area contributed by atoms with Crippen molar-refractivity contribution in [2.45, 2.75) is 33.2 Å². The van der Waals surface area contributed by atoms with Gasteiger partial charge in [0.1, 0.15) is 18.2 Å². The number of nitrogens with one attached hydrogen (secondary N) is 1. The third-order valence-electron chi connectivity index (χ3n) is 5.65. The summed E-state index contributed by atoms with van der Waals surface area (Å²) in [6, 6.07) is 21.8. The molecule has 0 saturated carbocycles. The zero-order valence-corrected chi connectivity index (χ0v) is 20.6. The van der Waals surface area contributed by atoms with Gasteiger partial charge in [-0.1, -0.05) is 52.3 Å². The van der Waals surface area contributed by atoms with Crippen LogP contribution in [0.25, 0.3) is 11.0 Å². The molecular weight excluding hydrogens is 478 g/mol. The Hall–Kier alpha value is -3.12. The molecule has 0 aliphatic rings. The molecule has 3 aromatic carbocycles. The summed E-state index contributed by atoms with van der Waals surface area (Å²) in [7, 11) is 0. The molecule has 4 aromatic rings. The fourth-order valence-electron chi connectivity index (χ4n) is 4.01. The number of aromatic nitrogens is 2. The predicted octanol–water partition coefficient (Wildman–Crippen LogP) is 5.86. The number of amides is 1. The van der Waals surface area contributed by atoms with Gasteiger partial charge in [-0.2, -0.15) is 0 Å². The molecule has 1 aromatic heterocycles. The molecule has 33 heavy (non-hydrogen) atoms. The molecule has 0 fully saturated rings. The molecular formula is C27H28BrN3O2. The number of aryl methyl sites for hydroxylation is 3. The molecule has 1 amide bonds. The van der Waals surface area contributed by atoms with Crippen LogP contribution in [0.5, 0.6) is 5.75 Å². The average Bonchev–Trinajstić information content (AvgIpc) is 3.16. The fourth-order valence-corrected chi connectivity index (χ4v) is 4.41. The highest BCUT2D eigenvalue weighted by atomic mass is 79.9. The molecule has 6 heteroatoms. The van der Waals surface area contributed by atoms with Crippen LogP contribution < -0.4 is 10.1 Å². The van der Waals surface area contributed by atoms with E-state index in [9.17, 15) is 4.79 Å². The summed E-state index contributed by atoms with van der Waals surface area (Å²) in [5.74, 6) is 1.91. The number of hydrogen-bond acceptors (Lipinski definition) is 3. The Labute approximate surface area is 202 Å². The monoisotopic (exact) mass is 505 g/mol. The Morgan fingerprint density at radius 1 is 1.03 bits per heavy atom. The number of hydrogen-bond donors (Lipinski definition) is 1. The molecule has 4 rings (SSSR count). The maximum atomic E-state index is 12.4. The second-order valence-corrected chi connectivity index (χ2v) is 9.02. The molecule has 5 nitrogen and oxygen atoms in total. The Bertz CT molecular complexity index is 1250. The van der Waals surface area contributed by atoms with Crippen LogP contribution >= 0.6 is 15.9 Å². The number of rotatable bonds is 9. The van der Waals surface area contributed by atoms with E-state index in [4.69, 9.17) is 9.72 Å². The Balaban J connectivity index is 1.39. The van der Waals surface area contributed by atoms with Gasteiger partial charge in [0.15, 0.2) is 0 Å². The lowest BCUT2D eigenvalue weighted by Gasteiger charge is -2.14. The van der Waals surface area contributed by atoms with Crippen LogP contribution in [0.3, 0.4) is 0 Å². The van der Waals surface area contributed by atoms with Crippen LogP contribution in [0.4, 0.5) is 0 Å². The number of carbonyl (C=O) groups is 1. The van der Waals surface area contributed by atoms with E-state index in [0.717, 1.165) is 51.0 Å². The Morgan fingerprint density at radius 3 is 2.58 bits per heavy atom. The van der Waals surface area contributed by atoms with E-state index in [1.165, 1.54) is 0 Å². The first-order valence-electron chi connectivity index (χ1n) is 11.2. The molecule has 0 aliphatic carbocycles. The van der Waals surface area contributed by atoms with E-state index in [0.29, 0.717) is 25.3 Å². The first kappa shape index (κ1) is 23.1. The molecule has 170 valence electrons. The molecule has 0 unspecified atom stereocenters. The first-order valence-corrected chi connectivity index (χ1v) is 12.0. The minimum absolute atomic E-state index is 0.0631. The van der Waals surface area contributed by atoms with E-state index < -0.39 is 0 Å². The van der Waals surface area contributed by atoms with Crippen molar-refractivity contribution < 1.29 is 9.53 Å². The molecule has 1 N–H and O–H groups in total. The van der Waals surface area contributed by atoms with Crippen molar-refractivity contribution in [2.24, 2.45) is 0 Å². The van der Waals surface area contributed by atoms with Crippen molar-refractivity contribution in [3.8, 4) is 5.75 Å². The third kappa shape index (κ3) is 5.63. The molecule has 0 atom stereocenters. The van der Waals surface area contributed by atoms with Gasteiger partial charge in [0.25, 0.3) is 5.91 Å². The highest BCUT2D eigenvalue weighted by molar-refractivity contribution is 9.10. The number of para-hydroxylation sites is 3. The van der Waals surface area contributed by atoms with Crippen LogP contribution in [0, 0.1) is 13.8 Å². The fraction of sp³-hybridized carbons (Fsp3) is 0.259. The molecule has 0 bridgehead atoms. The van der Waals surface area contributed by atoms with Gasteiger partial charge in [-0.15, -0.1) is 0 Å². The van der Waals surface area contributed by atoms with Crippen LogP contribution in [0.1, 0.15) is 33.7 Å². The molecule has 0 spiro atoms. The number of carbonyl (C=O) groups excluding carboxylic acids is 1. The number of nitrogens with zero attached hydrogens (tertiary/aromatic N) is 2. The lowest BCUT2D eigenvalue weighted by Crippen LogP contribution is -2.25. The van der Waals surface area contributed by atoms with Crippen LogP contribution in [-0.2, 0) is 13.0 Å². The van der Waals surface area contributed by atoms with Crippen molar-refractivity contribution in [3.63, 3.8) is 0 Å². The summed E-state index contributed by atoms with van der Waals surface area (Å²) >= 11 is 3.41. The summed E-state index contributed by atoms with van der Waals surface area (Å²) in [6.45, 7) is 6.02. The Kier molecular flexibility index (Phi) is 7.45. The lowest BCUT2D eigenvalue weighted by atomic mass is 10.1. The van der Waals surface area contributed by atoms with Crippen LogP contribution in [0.2, 0.25) is 0 Å². The molecule has 0 aliphatic heterocycles. The van der Waals surface area contributed by atoms with Gasteiger partial charge in [-0.05, 0) is 61.7 Å². The topological polar surface area (TPSA) is 56.1 Å². The molecule has 0 radical (unpaired) electrons. The van der Waals surface area contributed by atoms with E-state index in [-0.39, 0.29) is 5.91 Å². The quantitative estimate of drug-likeness (QED) is 0.290. The van der Waals surface area contributed by atoms with Crippen molar-refractivity contribution >= 4 is 32.9 Å². The second kappa shape index (κ2) is 10.7. The predicted molar refractivity (Wildman–Crippen MR) is 136 cm³/mol.